The first-order valence-electron chi connectivity index (χ1n) is 12.3. The molecule has 6 nitrogen and oxygen atoms in total. The number of aromatic nitrogens is 3. The minimum Gasteiger partial charge on any atom is -0.307 e. The molecule has 0 saturated heterocycles. The highest BCUT2D eigenvalue weighted by atomic mass is 35.5. The van der Waals surface area contributed by atoms with Crippen LogP contribution in [0.2, 0.25) is 5.02 Å². The van der Waals surface area contributed by atoms with E-state index in [0.29, 0.717) is 29.2 Å². The average molecular weight is 515 g/mol. The van der Waals surface area contributed by atoms with Crippen LogP contribution in [0.5, 0.6) is 0 Å². The summed E-state index contributed by atoms with van der Waals surface area (Å²) in [4.78, 5) is 29.8. The summed E-state index contributed by atoms with van der Waals surface area (Å²) in [6, 6.07) is 22.2. The molecule has 0 radical (unpaired) electrons. The first-order valence-corrected chi connectivity index (χ1v) is 12.7. The number of halogens is 1. The number of ketones is 1. The molecule has 1 N–H and O–H groups in total. The van der Waals surface area contributed by atoms with Crippen molar-refractivity contribution in [1.82, 2.24) is 14.8 Å². The number of aryl methyl sites for hydroxylation is 1. The fourth-order valence-electron chi connectivity index (χ4n) is 3.96. The third-order valence-corrected chi connectivity index (χ3v) is 6.51. The number of carbonyl (C=O) groups excluding carboxylic acids is 2. The number of hydrogen-bond acceptors (Lipinski definition) is 4. The maximum Gasteiger partial charge on any atom is 0.256 e. The van der Waals surface area contributed by atoms with Crippen LogP contribution in [-0.4, -0.2) is 26.5 Å². The van der Waals surface area contributed by atoms with Gasteiger partial charge in [0.15, 0.2) is 0 Å². The molecule has 0 bridgehead atoms. The third-order valence-electron chi connectivity index (χ3n) is 6.28. The molecule has 4 rings (SSSR count). The van der Waals surface area contributed by atoms with Crippen LogP contribution in [0.15, 0.2) is 79.0 Å². The Balaban J connectivity index is 1.44. The Hall–Kier alpha value is -3.77. The van der Waals surface area contributed by atoms with E-state index in [4.69, 9.17) is 16.7 Å². The number of rotatable bonds is 8. The second-order valence-electron chi connectivity index (χ2n) is 10.1. The predicted octanol–water partition coefficient (Wildman–Crippen LogP) is 6.78. The molecule has 2 aromatic carbocycles. The van der Waals surface area contributed by atoms with Gasteiger partial charge >= 0.3 is 0 Å². The van der Waals surface area contributed by atoms with Gasteiger partial charge in [0.05, 0.1) is 11.4 Å². The van der Waals surface area contributed by atoms with Gasteiger partial charge in [0, 0.05) is 40.2 Å². The normalized spacial score (nSPS) is 12.2. The molecule has 2 aromatic heterocycles. The van der Waals surface area contributed by atoms with Gasteiger partial charge in [-0.2, -0.15) is 5.10 Å². The van der Waals surface area contributed by atoms with Crippen LogP contribution in [0.1, 0.15) is 67.3 Å². The van der Waals surface area contributed by atoms with Gasteiger partial charge in [-0.05, 0) is 54.4 Å². The van der Waals surface area contributed by atoms with Crippen molar-refractivity contribution in [3.05, 3.63) is 107 Å². The minimum absolute atomic E-state index is 0.110. The number of nitrogens with one attached hydrogen (secondary N) is 1. The lowest BCUT2D eigenvalue weighted by atomic mass is 9.91. The molecule has 1 amide bonds. The molecule has 1 atom stereocenters. The second kappa shape index (κ2) is 11.1. The largest absolute Gasteiger partial charge is 0.307 e. The monoisotopic (exact) mass is 514 g/mol. The molecular formula is C30H31ClN4O2. The number of pyridine rings is 1. The number of Topliss-reactive ketones (excluding diaryl/α,β-unsaturated/α-hetero) is 1. The van der Waals surface area contributed by atoms with Gasteiger partial charge < -0.3 is 5.32 Å². The lowest BCUT2D eigenvalue weighted by Gasteiger charge is -2.14. The molecule has 0 fully saturated rings. The van der Waals surface area contributed by atoms with E-state index in [1.807, 2.05) is 60.1 Å². The summed E-state index contributed by atoms with van der Waals surface area (Å²) in [5.41, 5.74) is 4.03. The zero-order chi connectivity index (χ0) is 26.6. The molecule has 1 unspecified atom stereocenters. The fourth-order valence-corrected chi connectivity index (χ4v) is 4.15. The van der Waals surface area contributed by atoms with E-state index in [2.05, 4.69) is 37.1 Å². The quantitative estimate of drug-likeness (QED) is 0.281. The first-order chi connectivity index (χ1) is 17.6. The van der Waals surface area contributed by atoms with Crippen LogP contribution in [-0.2, 0) is 16.6 Å². The molecule has 37 heavy (non-hydrogen) atoms. The average Bonchev–Trinajstić information content (AvgIpc) is 3.33. The molecule has 7 heteroatoms. The molecule has 0 aliphatic carbocycles. The molecule has 2 heterocycles. The summed E-state index contributed by atoms with van der Waals surface area (Å²) in [7, 11) is 0. The Morgan fingerprint density at radius 2 is 1.76 bits per heavy atom. The minimum atomic E-state index is -0.323. The van der Waals surface area contributed by atoms with Crippen LogP contribution in [0.4, 0.5) is 5.82 Å². The lowest BCUT2D eigenvalue weighted by Crippen LogP contribution is -2.14. The molecule has 0 saturated carbocycles. The summed E-state index contributed by atoms with van der Waals surface area (Å²) in [5.74, 6) is 0.00308. The van der Waals surface area contributed by atoms with Crippen LogP contribution >= 0.6 is 11.6 Å². The van der Waals surface area contributed by atoms with E-state index >= 15 is 0 Å². The molecule has 0 aliphatic rings. The zero-order valence-electron chi connectivity index (χ0n) is 21.5. The fraction of sp³-hybridized carbons (Fsp3) is 0.267. The van der Waals surface area contributed by atoms with Crippen LogP contribution in [0.3, 0.4) is 0 Å². The van der Waals surface area contributed by atoms with Crippen LogP contribution in [0.25, 0.3) is 5.69 Å². The molecule has 0 aliphatic heterocycles. The van der Waals surface area contributed by atoms with Crippen molar-refractivity contribution in [2.75, 3.05) is 5.32 Å². The van der Waals surface area contributed by atoms with E-state index < -0.39 is 0 Å². The van der Waals surface area contributed by atoms with Crippen molar-refractivity contribution in [2.24, 2.45) is 0 Å². The highest BCUT2D eigenvalue weighted by Gasteiger charge is 2.22. The number of anilines is 1. The van der Waals surface area contributed by atoms with Gasteiger partial charge in [0.1, 0.15) is 11.6 Å². The van der Waals surface area contributed by atoms with Crippen molar-refractivity contribution >= 4 is 29.1 Å². The zero-order valence-corrected chi connectivity index (χ0v) is 22.3. The Morgan fingerprint density at radius 1 is 1.00 bits per heavy atom. The summed E-state index contributed by atoms with van der Waals surface area (Å²) < 4.78 is 1.89. The van der Waals surface area contributed by atoms with Crippen molar-refractivity contribution in [3.8, 4) is 5.69 Å². The number of nitrogens with zero attached hydrogens (tertiary/aromatic N) is 3. The summed E-state index contributed by atoms with van der Waals surface area (Å²) in [5, 5.41) is 8.25. The molecular weight excluding hydrogens is 484 g/mol. The Bertz CT molecular complexity index is 1390. The van der Waals surface area contributed by atoms with E-state index in [1.165, 1.54) is 0 Å². The number of benzene rings is 2. The van der Waals surface area contributed by atoms with Gasteiger partial charge in [0.2, 0.25) is 0 Å². The highest BCUT2D eigenvalue weighted by molar-refractivity contribution is 6.30. The van der Waals surface area contributed by atoms with E-state index in [0.717, 1.165) is 22.6 Å². The van der Waals surface area contributed by atoms with Crippen molar-refractivity contribution in [1.29, 1.82) is 0 Å². The Morgan fingerprint density at radius 3 is 2.41 bits per heavy atom. The predicted molar refractivity (Wildman–Crippen MR) is 148 cm³/mol. The maximum atomic E-state index is 13.1. The topological polar surface area (TPSA) is 76.9 Å². The van der Waals surface area contributed by atoms with Crippen molar-refractivity contribution < 1.29 is 9.59 Å². The van der Waals surface area contributed by atoms with E-state index in [9.17, 15) is 9.59 Å². The number of hydrogen-bond donors (Lipinski definition) is 1. The lowest BCUT2D eigenvalue weighted by molar-refractivity contribution is -0.120. The van der Waals surface area contributed by atoms with Crippen molar-refractivity contribution in [2.45, 2.75) is 51.9 Å². The van der Waals surface area contributed by atoms with Gasteiger partial charge in [-0.25, -0.2) is 9.67 Å². The smallest absolute Gasteiger partial charge is 0.256 e. The first kappa shape index (κ1) is 26.3. The van der Waals surface area contributed by atoms with Crippen LogP contribution < -0.4 is 5.32 Å². The van der Waals surface area contributed by atoms with E-state index in [1.54, 1.807) is 24.4 Å². The van der Waals surface area contributed by atoms with Gasteiger partial charge in [0.25, 0.3) is 5.91 Å². The standard InChI is InChI=1S/C30H31ClN4O2/c1-20(22-13-16-28(32-19-22)33-29(37)21-9-6-5-7-10-21)26(36)15-14-25-18-27(30(2,3)4)34-35(25)24-12-8-11-23(31)17-24/h5-13,16-20H,14-15H2,1-4H3,(H,32,33,37). The molecule has 0 spiro atoms. The number of carbonyl (C=O) groups is 2. The molecule has 4 aromatic rings. The SMILES string of the molecule is CC(C(=O)CCc1cc(C(C)(C)C)nn1-c1cccc(Cl)c1)c1ccc(NC(=O)c2ccccc2)nc1. The Kier molecular flexibility index (Phi) is 7.89. The summed E-state index contributed by atoms with van der Waals surface area (Å²) in [6.45, 7) is 8.24. The highest BCUT2D eigenvalue weighted by Crippen LogP contribution is 2.26. The summed E-state index contributed by atoms with van der Waals surface area (Å²) in [6.07, 6.45) is 2.57. The molecule has 190 valence electrons. The van der Waals surface area contributed by atoms with Gasteiger partial charge in [-0.1, -0.05) is 69.6 Å². The maximum absolute atomic E-state index is 13.1. The number of amides is 1. The van der Waals surface area contributed by atoms with Gasteiger partial charge in [-0.3, -0.25) is 9.59 Å². The van der Waals surface area contributed by atoms with Crippen molar-refractivity contribution in [3.63, 3.8) is 0 Å². The summed E-state index contributed by atoms with van der Waals surface area (Å²) >= 11 is 6.23. The van der Waals surface area contributed by atoms with Crippen LogP contribution in [0, 0.1) is 0 Å². The van der Waals surface area contributed by atoms with E-state index in [-0.39, 0.29) is 23.0 Å². The van der Waals surface area contributed by atoms with Gasteiger partial charge in [-0.15, -0.1) is 0 Å². The third kappa shape index (κ3) is 6.52. The second-order valence-corrected chi connectivity index (χ2v) is 10.6. The Labute approximate surface area is 222 Å².